The minimum atomic E-state index is -0.365. The molecule has 5 rings (SSSR count). The minimum Gasteiger partial charge on any atom is -0.392 e. The maximum Gasteiger partial charge on any atom is 0.230 e. The summed E-state index contributed by atoms with van der Waals surface area (Å²) in [4.78, 5) is 35.3. The summed E-state index contributed by atoms with van der Waals surface area (Å²) in [7, 11) is 0. The van der Waals surface area contributed by atoms with Crippen molar-refractivity contribution in [3.63, 3.8) is 0 Å². The van der Waals surface area contributed by atoms with E-state index in [1.807, 2.05) is 66.8 Å². The number of aliphatic imine (C=N–C) groups is 2. The third-order valence-corrected chi connectivity index (χ3v) is 8.94. The van der Waals surface area contributed by atoms with Crippen LogP contribution in [0.3, 0.4) is 0 Å². The van der Waals surface area contributed by atoms with Gasteiger partial charge >= 0.3 is 0 Å². The summed E-state index contributed by atoms with van der Waals surface area (Å²) >= 11 is 6.99. The van der Waals surface area contributed by atoms with Gasteiger partial charge in [-0.1, -0.05) is 54.1 Å². The summed E-state index contributed by atoms with van der Waals surface area (Å²) in [5, 5.41) is 29.3. The van der Waals surface area contributed by atoms with Gasteiger partial charge in [0.1, 0.15) is 6.73 Å². The molecule has 0 spiro atoms. The Hall–Kier alpha value is -3.93. The Bertz CT molecular complexity index is 1570. The van der Waals surface area contributed by atoms with Crippen molar-refractivity contribution in [1.82, 2.24) is 20.9 Å². The molecule has 10 nitrogen and oxygen atoms in total. The molecule has 0 bridgehead atoms. The number of hydrogen-bond acceptors (Lipinski definition) is 8. The number of carbonyl (C=O) groups is 2. The van der Waals surface area contributed by atoms with Gasteiger partial charge in [0.15, 0.2) is 0 Å². The van der Waals surface area contributed by atoms with Crippen molar-refractivity contribution in [3.05, 3.63) is 89.1 Å². The Morgan fingerprint density at radius 2 is 2.02 bits per heavy atom. The lowest BCUT2D eigenvalue weighted by Gasteiger charge is -2.21. The number of aliphatic hydroxyl groups is 2. The van der Waals surface area contributed by atoms with Gasteiger partial charge in [0.2, 0.25) is 11.8 Å². The molecular formula is C36H43ClN6O4. The molecule has 2 saturated heterocycles. The number of likely N-dealkylation sites (tertiary alicyclic amines) is 1. The van der Waals surface area contributed by atoms with Crippen LogP contribution in [0.5, 0.6) is 0 Å². The molecule has 11 heteroatoms. The van der Waals surface area contributed by atoms with Crippen molar-refractivity contribution >= 4 is 40.9 Å². The number of halogens is 1. The second-order valence-electron chi connectivity index (χ2n) is 12.0. The van der Waals surface area contributed by atoms with Crippen LogP contribution in [0.2, 0.25) is 5.02 Å². The van der Waals surface area contributed by atoms with Crippen molar-refractivity contribution in [2.45, 2.75) is 37.8 Å². The molecule has 3 heterocycles. The van der Waals surface area contributed by atoms with Gasteiger partial charge in [-0.2, -0.15) is 0 Å². The first-order valence-corrected chi connectivity index (χ1v) is 16.6. The van der Waals surface area contributed by atoms with Crippen LogP contribution in [0.4, 0.5) is 0 Å². The number of nitrogens with zero attached hydrogens (tertiary/aromatic N) is 3. The Labute approximate surface area is 281 Å². The largest absolute Gasteiger partial charge is 0.392 e. The fourth-order valence-corrected chi connectivity index (χ4v) is 6.36. The Morgan fingerprint density at radius 1 is 1.17 bits per heavy atom. The number of amides is 2. The zero-order chi connectivity index (χ0) is 33.0. The van der Waals surface area contributed by atoms with E-state index in [0.717, 1.165) is 61.2 Å². The van der Waals surface area contributed by atoms with E-state index < -0.39 is 0 Å². The van der Waals surface area contributed by atoms with Crippen molar-refractivity contribution < 1.29 is 19.8 Å². The van der Waals surface area contributed by atoms with E-state index in [2.05, 4.69) is 30.8 Å². The van der Waals surface area contributed by atoms with Crippen LogP contribution in [-0.2, 0) is 9.59 Å². The molecule has 1 unspecified atom stereocenters. The van der Waals surface area contributed by atoms with E-state index in [9.17, 15) is 19.8 Å². The fourth-order valence-electron chi connectivity index (χ4n) is 6.02. The molecule has 3 atom stereocenters. The van der Waals surface area contributed by atoms with E-state index in [0.29, 0.717) is 42.4 Å². The van der Waals surface area contributed by atoms with Crippen LogP contribution in [-0.4, -0.2) is 97.0 Å². The lowest BCUT2D eigenvalue weighted by Crippen LogP contribution is -2.38. The van der Waals surface area contributed by atoms with Crippen LogP contribution in [0.1, 0.15) is 36.8 Å². The van der Waals surface area contributed by atoms with Gasteiger partial charge in [0, 0.05) is 62.2 Å². The topological polar surface area (TPSA) is 139 Å². The maximum absolute atomic E-state index is 12.9. The third kappa shape index (κ3) is 9.79. The molecule has 2 fully saturated rings. The lowest BCUT2D eigenvalue weighted by molar-refractivity contribution is -0.124. The number of aliphatic hydroxyl groups excluding tert-OH is 2. The van der Waals surface area contributed by atoms with Crippen molar-refractivity contribution in [1.29, 1.82) is 0 Å². The molecule has 2 aromatic carbocycles. The maximum atomic E-state index is 12.9. The Morgan fingerprint density at radius 3 is 2.81 bits per heavy atom. The molecule has 0 aromatic heterocycles. The highest BCUT2D eigenvalue weighted by molar-refractivity contribution is 6.37. The first-order chi connectivity index (χ1) is 22.9. The second kappa shape index (κ2) is 17.3. The molecule has 0 aliphatic carbocycles. The van der Waals surface area contributed by atoms with Crippen LogP contribution in [0, 0.1) is 5.92 Å². The van der Waals surface area contributed by atoms with Gasteiger partial charge in [0.25, 0.3) is 0 Å². The van der Waals surface area contributed by atoms with E-state index >= 15 is 0 Å². The molecule has 3 aliphatic heterocycles. The first kappa shape index (κ1) is 34.4. The van der Waals surface area contributed by atoms with Crippen LogP contribution in [0.15, 0.2) is 83.0 Å². The molecular weight excluding hydrogens is 616 g/mol. The van der Waals surface area contributed by atoms with Gasteiger partial charge in [-0.25, -0.2) is 0 Å². The molecule has 2 aromatic rings. The number of rotatable bonds is 12. The van der Waals surface area contributed by atoms with Gasteiger partial charge in [-0.05, 0) is 66.8 Å². The highest BCUT2D eigenvalue weighted by Gasteiger charge is 2.26. The average Bonchev–Trinajstić information content (AvgIpc) is 3.69. The molecule has 3 aliphatic rings. The monoisotopic (exact) mass is 658 g/mol. The van der Waals surface area contributed by atoms with E-state index in [4.69, 9.17) is 11.6 Å². The minimum absolute atomic E-state index is 0.0943. The average molecular weight is 659 g/mol. The SMILES string of the molecule is O=C1CC[C@@H](CNCC/C=C\C(=N/CO)c2cccc(-c3cccc(C4=C/C=N/CC(CN5CC[C@H](O)C5)C(=O)N/C=C\4)c3)c2Cl)N1. The van der Waals surface area contributed by atoms with Crippen molar-refractivity contribution in [3.8, 4) is 11.1 Å². The summed E-state index contributed by atoms with van der Waals surface area (Å²) in [6.45, 7) is 3.42. The van der Waals surface area contributed by atoms with Crippen LogP contribution >= 0.6 is 11.6 Å². The van der Waals surface area contributed by atoms with Gasteiger partial charge in [-0.3, -0.25) is 24.5 Å². The predicted molar refractivity (Wildman–Crippen MR) is 187 cm³/mol. The number of allylic oxidation sites excluding steroid dienone is 4. The molecule has 2 amide bonds. The lowest BCUT2D eigenvalue weighted by atomic mass is 9.96. The molecule has 5 N–H and O–H groups in total. The Balaban J connectivity index is 1.26. The van der Waals surface area contributed by atoms with Gasteiger partial charge in [-0.15, -0.1) is 0 Å². The smallest absolute Gasteiger partial charge is 0.230 e. The molecule has 248 valence electrons. The number of benzene rings is 2. The first-order valence-electron chi connectivity index (χ1n) is 16.2. The normalized spacial score (nSPS) is 25.0. The summed E-state index contributed by atoms with van der Waals surface area (Å²) < 4.78 is 0. The second-order valence-corrected chi connectivity index (χ2v) is 12.4. The number of carbonyl (C=O) groups excluding carboxylic acids is 2. The van der Waals surface area contributed by atoms with Gasteiger partial charge in [0.05, 0.1) is 29.3 Å². The zero-order valence-electron chi connectivity index (χ0n) is 26.4. The van der Waals surface area contributed by atoms with Crippen LogP contribution in [0.25, 0.3) is 16.7 Å². The highest BCUT2D eigenvalue weighted by Crippen LogP contribution is 2.33. The number of β-amino-alcohol motifs (C(OH)–C–C–N with tert-alkyl or cyclic N) is 1. The van der Waals surface area contributed by atoms with E-state index in [-0.39, 0.29) is 36.6 Å². The molecule has 0 radical (unpaired) electrons. The van der Waals surface area contributed by atoms with Crippen molar-refractivity contribution in [2.24, 2.45) is 15.9 Å². The van der Waals surface area contributed by atoms with Crippen LogP contribution < -0.4 is 16.0 Å². The fraction of sp³-hybridized carbons (Fsp3) is 0.389. The van der Waals surface area contributed by atoms with Crippen molar-refractivity contribution in [2.75, 3.05) is 46.0 Å². The summed E-state index contributed by atoms with van der Waals surface area (Å²) in [6, 6.07) is 13.9. The highest BCUT2D eigenvalue weighted by atomic mass is 35.5. The predicted octanol–water partition coefficient (Wildman–Crippen LogP) is 3.34. The Kier molecular flexibility index (Phi) is 12.7. The summed E-state index contributed by atoms with van der Waals surface area (Å²) in [5.74, 6) is -0.281. The van der Waals surface area contributed by atoms with E-state index in [1.54, 1.807) is 12.4 Å². The van der Waals surface area contributed by atoms with Gasteiger partial charge < -0.3 is 26.2 Å². The molecule has 47 heavy (non-hydrogen) atoms. The third-order valence-electron chi connectivity index (χ3n) is 8.53. The summed E-state index contributed by atoms with van der Waals surface area (Å²) in [5.41, 5.74) is 4.84. The van der Waals surface area contributed by atoms with E-state index in [1.165, 1.54) is 0 Å². The zero-order valence-corrected chi connectivity index (χ0v) is 27.2. The molecule has 0 saturated carbocycles. The quantitative estimate of drug-likeness (QED) is 0.175. The summed E-state index contributed by atoms with van der Waals surface area (Å²) in [6.07, 6.45) is 13.7. The number of nitrogens with one attached hydrogen (secondary N) is 3. The standard InChI is InChI=1S/C36H43ClN6O4/c37-35-31(7-4-8-32(35)33(41-24-44)9-1-2-15-38-21-29-10-11-34(46)42-29)27-6-3-5-26(19-27)25-12-16-39-20-28(36(47)40-17-13-25)22-43-18-14-30(45)23-43/h1,3-9,12-13,16-17,19,28-30,38,44-45H,2,10-11,14-15,18,20-24H2,(H,40,47)(H,42,46)/b9-1-,17-13-,25-12+,39-16+,41-33+/t28?,29-,30-/m0/s1. The number of hydrogen-bond donors (Lipinski definition) is 5.